The van der Waals surface area contributed by atoms with Crippen LogP contribution in [0.25, 0.3) is 0 Å². The fraction of sp³-hybridized carbons (Fsp3) is 0.538. The van der Waals surface area contributed by atoms with Crippen LogP contribution in [-0.4, -0.2) is 30.4 Å². The van der Waals surface area contributed by atoms with E-state index in [-0.39, 0.29) is 21.5 Å². The molecule has 1 saturated carbocycles. The van der Waals surface area contributed by atoms with Gasteiger partial charge in [-0.25, -0.2) is 12.8 Å². The van der Waals surface area contributed by atoms with E-state index < -0.39 is 22.4 Å². The van der Waals surface area contributed by atoms with Crippen LogP contribution in [-0.2, 0) is 16.6 Å². The molecule has 4 nitrogen and oxygen atoms in total. The molecule has 1 N–H and O–H groups in total. The van der Waals surface area contributed by atoms with Crippen molar-refractivity contribution >= 4 is 21.6 Å². The quantitative estimate of drug-likeness (QED) is 0.876. The summed E-state index contributed by atoms with van der Waals surface area (Å²) >= 11 is 5.69. The number of sulfonamides is 1. The van der Waals surface area contributed by atoms with E-state index in [1.165, 1.54) is 10.4 Å². The molecular weight excluding hydrogens is 305 g/mol. The number of benzene rings is 1. The number of aliphatic hydroxyl groups excluding tert-OH is 1. The van der Waals surface area contributed by atoms with Crippen LogP contribution in [0.15, 0.2) is 17.0 Å². The Labute approximate surface area is 123 Å². The Morgan fingerprint density at radius 1 is 1.45 bits per heavy atom. The summed E-state index contributed by atoms with van der Waals surface area (Å²) in [7, 11) is -3.75. The summed E-state index contributed by atoms with van der Waals surface area (Å²) in [5, 5.41) is 8.90. The molecule has 1 aliphatic carbocycles. The first-order valence-corrected chi connectivity index (χ1v) is 8.34. The van der Waals surface area contributed by atoms with Gasteiger partial charge < -0.3 is 5.11 Å². The molecule has 112 valence electrons. The molecule has 20 heavy (non-hydrogen) atoms. The fourth-order valence-electron chi connectivity index (χ4n) is 2.10. The second-order valence-electron chi connectivity index (χ2n) is 4.88. The lowest BCUT2D eigenvalue weighted by Gasteiger charge is -2.21. The topological polar surface area (TPSA) is 57.6 Å². The van der Waals surface area contributed by atoms with E-state index >= 15 is 0 Å². The highest BCUT2D eigenvalue weighted by Crippen LogP contribution is 2.33. The van der Waals surface area contributed by atoms with E-state index in [1.807, 2.05) is 6.92 Å². The molecular formula is C13H17ClFNO3S. The zero-order chi connectivity index (χ0) is 14.9. The van der Waals surface area contributed by atoms with Crippen molar-refractivity contribution in [1.82, 2.24) is 4.31 Å². The van der Waals surface area contributed by atoms with Crippen LogP contribution >= 0.6 is 11.6 Å². The molecule has 0 aromatic heterocycles. The van der Waals surface area contributed by atoms with Gasteiger partial charge in [-0.1, -0.05) is 18.5 Å². The second-order valence-corrected chi connectivity index (χ2v) is 7.15. The molecule has 0 heterocycles. The molecule has 0 amide bonds. The molecule has 1 fully saturated rings. The number of hydrogen-bond donors (Lipinski definition) is 1. The number of hydrogen-bond acceptors (Lipinski definition) is 3. The summed E-state index contributed by atoms with van der Waals surface area (Å²) in [6, 6.07) is 2.17. The fourth-order valence-corrected chi connectivity index (χ4v) is 4.11. The molecule has 0 radical (unpaired) electrons. The van der Waals surface area contributed by atoms with Crippen molar-refractivity contribution in [3.05, 3.63) is 28.5 Å². The van der Waals surface area contributed by atoms with Gasteiger partial charge in [0.15, 0.2) is 0 Å². The Morgan fingerprint density at radius 2 is 2.10 bits per heavy atom. The van der Waals surface area contributed by atoms with Gasteiger partial charge in [-0.2, -0.15) is 4.31 Å². The smallest absolute Gasteiger partial charge is 0.243 e. The van der Waals surface area contributed by atoms with Gasteiger partial charge in [0, 0.05) is 18.2 Å². The second kappa shape index (κ2) is 5.97. The van der Waals surface area contributed by atoms with Gasteiger partial charge in [-0.3, -0.25) is 0 Å². The normalized spacial score (nSPS) is 15.8. The average Bonchev–Trinajstić information content (AvgIpc) is 3.22. The first kappa shape index (κ1) is 15.7. The largest absolute Gasteiger partial charge is 0.392 e. The van der Waals surface area contributed by atoms with E-state index in [0.717, 1.165) is 18.9 Å². The molecule has 0 spiro atoms. The Morgan fingerprint density at radius 3 is 2.60 bits per heavy atom. The number of halogens is 2. The minimum atomic E-state index is -3.75. The van der Waals surface area contributed by atoms with Crippen LogP contribution in [0.3, 0.4) is 0 Å². The third-order valence-corrected chi connectivity index (χ3v) is 5.61. The molecule has 2 rings (SSSR count). The third kappa shape index (κ3) is 2.98. The lowest BCUT2D eigenvalue weighted by molar-refractivity contribution is 0.281. The van der Waals surface area contributed by atoms with Crippen LogP contribution in [0, 0.1) is 5.82 Å². The van der Waals surface area contributed by atoms with Crippen molar-refractivity contribution < 1.29 is 17.9 Å². The van der Waals surface area contributed by atoms with E-state index in [0.29, 0.717) is 13.0 Å². The first-order chi connectivity index (χ1) is 9.41. The zero-order valence-electron chi connectivity index (χ0n) is 11.1. The highest BCUT2D eigenvalue weighted by atomic mass is 35.5. The van der Waals surface area contributed by atoms with Crippen molar-refractivity contribution in [2.75, 3.05) is 6.54 Å². The van der Waals surface area contributed by atoms with Crippen LogP contribution in [0.2, 0.25) is 5.02 Å². The summed E-state index contributed by atoms with van der Waals surface area (Å²) in [5.41, 5.74) is 0.0810. The maximum absolute atomic E-state index is 13.7. The zero-order valence-corrected chi connectivity index (χ0v) is 12.7. The molecule has 1 aromatic rings. The first-order valence-electron chi connectivity index (χ1n) is 6.52. The average molecular weight is 322 g/mol. The Bertz CT molecular complexity index is 602. The summed E-state index contributed by atoms with van der Waals surface area (Å²) in [5.74, 6) is -0.830. The molecule has 0 bridgehead atoms. The summed E-state index contributed by atoms with van der Waals surface area (Å²) < 4.78 is 40.3. The minimum absolute atomic E-state index is 0.0104. The van der Waals surface area contributed by atoms with Crippen LogP contribution in [0.5, 0.6) is 0 Å². The highest BCUT2D eigenvalue weighted by molar-refractivity contribution is 7.89. The summed E-state index contributed by atoms with van der Waals surface area (Å²) in [6.45, 7) is 1.80. The van der Waals surface area contributed by atoms with Crippen molar-refractivity contribution in [3.8, 4) is 0 Å². The van der Waals surface area contributed by atoms with Crippen LogP contribution in [0.4, 0.5) is 4.39 Å². The van der Waals surface area contributed by atoms with Gasteiger partial charge in [-0.15, -0.1) is 0 Å². The van der Waals surface area contributed by atoms with E-state index in [9.17, 15) is 12.8 Å². The van der Waals surface area contributed by atoms with Crippen molar-refractivity contribution in [2.45, 2.75) is 43.7 Å². The Hall–Kier alpha value is -0.690. The predicted molar refractivity (Wildman–Crippen MR) is 74.5 cm³/mol. The van der Waals surface area contributed by atoms with Gasteiger partial charge in [0.1, 0.15) is 5.82 Å². The summed E-state index contributed by atoms with van der Waals surface area (Å²) in [4.78, 5) is -0.149. The number of nitrogens with zero attached hydrogens (tertiary/aromatic N) is 1. The minimum Gasteiger partial charge on any atom is -0.392 e. The van der Waals surface area contributed by atoms with Crippen LogP contribution < -0.4 is 0 Å². The lowest BCUT2D eigenvalue weighted by atomic mass is 10.2. The van der Waals surface area contributed by atoms with Crippen molar-refractivity contribution in [3.63, 3.8) is 0 Å². The standard InChI is InChI=1S/C13H17ClFNO3S/c1-2-5-16(10-3-4-10)20(18,19)11-6-9(8-17)13(14)12(15)7-11/h6-7,10,17H,2-5,8H2,1H3. The van der Waals surface area contributed by atoms with Gasteiger partial charge in [0.25, 0.3) is 0 Å². The number of rotatable bonds is 6. The third-order valence-electron chi connectivity index (χ3n) is 3.25. The highest BCUT2D eigenvalue weighted by Gasteiger charge is 2.37. The molecule has 0 aliphatic heterocycles. The van der Waals surface area contributed by atoms with E-state index in [2.05, 4.69) is 0 Å². The van der Waals surface area contributed by atoms with E-state index in [4.69, 9.17) is 16.7 Å². The maximum Gasteiger partial charge on any atom is 0.243 e. The Kier molecular flexibility index (Phi) is 4.69. The van der Waals surface area contributed by atoms with Gasteiger partial charge in [0.2, 0.25) is 10.0 Å². The molecule has 0 saturated heterocycles. The molecule has 0 unspecified atom stereocenters. The lowest BCUT2D eigenvalue weighted by Crippen LogP contribution is -2.34. The van der Waals surface area contributed by atoms with Crippen LogP contribution in [0.1, 0.15) is 31.7 Å². The molecule has 0 atom stereocenters. The SMILES string of the molecule is CCCN(C1CC1)S(=O)(=O)c1cc(F)c(Cl)c(CO)c1. The van der Waals surface area contributed by atoms with Gasteiger partial charge in [-0.05, 0) is 31.4 Å². The summed E-state index contributed by atoms with van der Waals surface area (Å²) in [6.07, 6.45) is 2.36. The van der Waals surface area contributed by atoms with Crippen molar-refractivity contribution in [1.29, 1.82) is 0 Å². The van der Waals surface area contributed by atoms with Gasteiger partial charge >= 0.3 is 0 Å². The van der Waals surface area contributed by atoms with Gasteiger partial charge in [0.05, 0.1) is 16.5 Å². The number of aliphatic hydroxyl groups is 1. The molecule has 1 aromatic carbocycles. The molecule has 7 heteroatoms. The monoisotopic (exact) mass is 321 g/mol. The maximum atomic E-state index is 13.7. The Balaban J connectivity index is 2.45. The predicted octanol–water partition coefficient (Wildman–Crippen LogP) is 2.53. The van der Waals surface area contributed by atoms with E-state index in [1.54, 1.807) is 0 Å². The molecule has 1 aliphatic rings. The van der Waals surface area contributed by atoms with Crippen molar-refractivity contribution in [2.24, 2.45) is 0 Å².